The molecule has 1 aromatic carbocycles. The lowest BCUT2D eigenvalue weighted by molar-refractivity contribution is 0.457. The Labute approximate surface area is 90.2 Å². The van der Waals surface area contributed by atoms with Gasteiger partial charge in [-0.2, -0.15) is 4.98 Å². The van der Waals surface area contributed by atoms with E-state index in [0.29, 0.717) is 21.7 Å². The molecule has 2 aromatic rings. The zero-order valence-electron chi connectivity index (χ0n) is 6.91. The molecule has 0 saturated heterocycles. The molecule has 14 heavy (non-hydrogen) atoms. The first kappa shape index (κ1) is 9.37. The molecule has 72 valence electrons. The molecule has 2 rings (SSSR count). The Hall–Kier alpha value is -1.19. The van der Waals surface area contributed by atoms with Gasteiger partial charge in [-0.25, -0.2) is 0 Å². The van der Waals surface area contributed by atoms with Crippen LogP contribution in [0.2, 0.25) is 10.0 Å². The molecule has 0 saturated carbocycles. The summed E-state index contributed by atoms with van der Waals surface area (Å²) < 4.78 is 10.1. The highest BCUT2D eigenvalue weighted by Crippen LogP contribution is 2.27. The molecule has 0 fully saturated rings. The molecule has 0 aliphatic carbocycles. The molecule has 0 N–H and O–H groups in total. The number of hydrogen-bond acceptors (Lipinski definition) is 3. The van der Waals surface area contributed by atoms with Gasteiger partial charge in [0.15, 0.2) is 12.7 Å². The Balaban J connectivity index is 2.25. The minimum atomic E-state index is 0.364. The zero-order chi connectivity index (χ0) is 9.97. The van der Waals surface area contributed by atoms with Gasteiger partial charge in [0.05, 0.1) is 0 Å². The highest BCUT2D eigenvalue weighted by atomic mass is 35.5. The molecule has 0 aliphatic rings. The van der Waals surface area contributed by atoms with Gasteiger partial charge in [-0.1, -0.05) is 23.2 Å². The van der Waals surface area contributed by atoms with E-state index >= 15 is 0 Å². The molecule has 0 unspecified atom stereocenters. The first-order valence-electron chi connectivity index (χ1n) is 3.76. The number of nitrogens with zero attached hydrogens (tertiary/aromatic N) is 1. The average molecular weight is 230 g/mol. The van der Waals surface area contributed by atoms with E-state index in [1.165, 1.54) is 12.7 Å². The Bertz CT molecular complexity index is 408. The molecule has 3 nitrogen and oxygen atoms in total. The smallest absolute Gasteiger partial charge is 0.258 e. The topological polar surface area (TPSA) is 35.3 Å². The normalized spacial score (nSPS) is 10.1. The van der Waals surface area contributed by atoms with E-state index in [1.54, 1.807) is 18.2 Å². The number of oxazole rings is 1. The van der Waals surface area contributed by atoms with E-state index in [-0.39, 0.29) is 0 Å². The van der Waals surface area contributed by atoms with Gasteiger partial charge in [0, 0.05) is 10.0 Å². The number of rotatable bonds is 2. The van der Waals surface area contributed by atoms with Crippen molar-refractivity contribution in [2.75, 3.05) is 0 Å². The van der Waals surface area contributed by atoms with Crippen LogP contribution in [-0.4, -0.2) is 4.98 Å². The van der Waals surface area contributed by atoms with E-state index in [1.807, 2.05) is 0 Å². The van der Waals surface area contributed by atoms with Crippen molar-refractivity contribution < 1.29 is 9.15 Å². The van der Waals surface area contributed by atoms with Crippen molar-refractivity contribution in [3.63, 3.8) is 0 Å². The SMILES string of the molecule is Clc1cc(Cl)cc(Oc2cocn2)c1. The zero-order valence-corrected chi connectivity index (χ0v) is 8.42. The second kappa shape index (κ2) is 3.90. The Morgan fingerprint density at radius 2 is 1.86 bits per heavy atom. The van der Waals surface area contributed by atoms with E-state index in [9.17, 15) is 0 Å². The lowest BCUT2D eigenvalue weighted by Gasteiger charge is -2.02. The van der Waals surface area contributed by atoms with E-state index in [2.05, 4.69) is 4.98 Å². The number of halogens is 2. The summed E-state index contributed by atoms with van der Waals surface area (Å²) in [5, 5.41) is 1.02. The fourth-order valence-corrected chi connectivity index (χ4v) is 1.47. The third kappa shape index (κ3) is 2.19. The van der Waals surface area contributed by atoms with Crippen LogP contribution >= 0.6 is 23.2 Å². The maximum Gasteiger partial charge on any atom is 0.258 e. The predicted molar refractivity (Wildman–Crippen MR) is 53.0 cm³/mol. The molecular weight excluding hydrogens is 225 g/mol. The fraction of sp³-hybridized carbons (Fsp3) is 0. The maximum atomic E-state index is 5.78. The second-order valence-electron chi connectivity index (χ2n) is 2.53. The molecule has 0 radical (unpaired) electrons. The van der Waals surface area contributed by atoms with Crippen LogP contribution in [0.25, 0.3) is 0 Å². The van der Waals surface area contributed by atoms with Crippen molar-refractivity contribution >= 4 is 23.2 Å². The summed E-state index contributed by atoms with van der Waals surface area (Å²) in [7, 11) is 0. The molecule has 0 atom stereocenters. The summed E-state index contributed by atoms with van der Waals surface area (Å²) in [6, 6.07) is 4.91. The van der Waals surface area contributed by atoms with Crippen LogP contribution in [0.3, 0.4) is 0 Å². The summed E-state index contributed by atoms with van der Waals surface area (Å²) >= 11 is 11.6. The van der Waals surface area contributed by atoms with Crippen LogP contribution in [0, 0.1) is 0 Å². The van der Waals surface area contributed by atoms with Gasteiger partial charge in [0.1, 0.15) is 5.75 Å². The van der Waals surface area contributed by atoms with Gasteiger partial charge in [-0.3, -0.25) is 0 Å². The molecule has 0 aliphatic heterocycles. The summed E-state index contributed by atoms with van der Waals surface area (Å²) in [6.07, 6.45) is 2.66. The standard InChI is InChI=1S/C9H5Cl2NO2/c10-6-1-7(11)3-8(2-6)14-9-4-13-5-12-9/h1-5H. The Morgan fingerprint density at radius 1 is 1.14 bits per heavy atom. The molecule has 1 heterocycles. The molecule has 0 amide bonds. The average Bonchev–Trinajstić information content (AvgIpc) is 2.54. The highest BCUT2D eigenvalue weighted by molar-refractivity contribution is 6.34. The molecular formula is C9H5Cl2NO2. The monoisotopic (exact) mass is 229 g/mol. The van der Waals surface area contributed by atoms with Gasteiger partial charge in [-0.15, -0.1) is 0 Å². The summed E-state index contributed by atoms with van der Waals surface area (Å²) in [6.45, 7) is 0. The minimum Gasteiger partial charge on any atom is -0.448 e. The third-order valence-corrected chi connectivity index (χ3v) is 1.90. The number of ether oxygens (including phenoxy) is 1. The summed E-state index contributed by atoms with van der Waals surface area (Å²) in [5.74, 6) is 0.889. The number of benzene rings is 1. The predicted octanol–water partition coefficient (Wildman–Crippen LogP) is 3.77. The molecule has 5 heteroatoms. The van der Waals surface area contributed by atoms with Crippen LogP contribution < -0.4 is 4.74 Å². The Morgan fingerprint density at radius 3 is 2.43 bits per heavy atom. The van der Waals surface area contributed by atoms with E-state index in [4.69, 9.17) is 32.4 Å². The lowest BCUT2D eigenvalue weighted by Crippen LogP contribution is -1.83. The van der Waals surface area contributed by atoms with Gasteiger partial charge in [0.25, 0.3) is 5.88 Å². The van der Waals surface area contributed by atoms with Gasteiger partial charge >= 0.3 is 0 Å². The van der Waals surface area contributed by atoms with Crippen LogP contribution in [-0.2, 0) is 0 Å². The van der Waals surface area contributed by atoms with Crippen molar-refractivity contribution in [3.05, 3.63) is 40.9 Å². The fourth-order valence-electron chi connectivity index (χ4n) is 0.960. The van der Waals surface area contributed by atoms with E-state index < -0.39 is 0 Å². The van der Waals surface area contributed by atoms with Gasteiger partial charge in [0.2, 0.25) is 0 Å². The second-order valence-corrected chi connectivity index (χ2v) is 3.41. The van der Waals surface area contributed by atoms with E-state index in [0.717, 1.165) is 0 Å². The molecule has 0 spiro atoms. The Kier molecular flexibility index (Phi) is 2.61. The van der Waals surface area contributed by atoms with Crippen LogP contribution in [0.5, 0.6) is 11.6 Å². The van der Waals surface area contributed by atoms with Gasteiger partial charge < -0.3 is 9.15 Å². The van der Waals surface area contributed by atoms with Crippen molar-refractivity contribution in [2.24, 2.45) is 0 Å². The molecule has 1 aromatic heterocycles. The maximum absolute atomic E-state index is 5.78. The number of aromatic nitrogens is 1. The van der Waals surface area contributed by atoms with Crippen LogP contribution in [0.1, 0.15) is 0 Å². The minimum absolute atomic E-state index is 0.364. The lowest BCUT2D eigenvalue weighted by atomic mass is 10.3. The van der Waals surface area contributed by atoms with Crippen molar-refractivity contribution in [3.8, 4) is 11.6 Å². The molecule has 0 bridgehead atoms. The van der Waals surface area contributed by atoms with Crippen molar-refractivity contribution in [1.29, 1.82) is 0 Å². The van der Waals surface area contributed by atoms with Crippen molar-refractivity contribution in [2.45, 2.75) is 0 Å². The first-order valence-corrected chi connectivity index (χ1v) is 4.52. The van der Waals surface area contributed by atoms with Crippen LogP contribution in [0.4, 0.5) is 0 Å². The van der Waals surface area contributed by atoms with Gasteiger partial charge in [-0.05, 0) is 18.2 Å². The third-order valence-electron chi connectivity index (χ3n) is 1.47. The largest absolute Gasteiger partial charge is 0.448 e. The number of hydrogen-bond donors (Lipinski definition) is 0. The summed E-state index contributed by atoms with van der Waals surface area (Å²) in [5.41, 5.74) is 0. The highest BCUT2D eigenvalue weighted by Gasteiger charge is 2.02. The van der Waals surface area contributed by atoms with Crippen LogP contribution in [0.15, 0.2) is 35.3 Å². The quantitative estimate of drug-likeness (QED) is 0.787. The van der Waals surface area contributed by atoms with Crippen molar-refractivity contribution in [1.82, 2.24) is 4.98 Å². The summed E-state index contributed by atoms with van der Waals surface area (Å²) in [4.78, 5) is 3.80. The first-order chi connectivity index (χ1) is 6.74.